The molecular weight excluding hydrogens is 297 g/mol. The van der Waals surface area contributed by atoms with Gasteiger partial charge in [-0.3, -0.25) is 4.74 Å². The Bertz CT molecular complexity index is 631. The Kier molecular flexibility index (Phi) is 4.82. The highest BCUT2D eigenvalue weighted by atomic mass is 19.4. The Balaban J connectivity index is 1.97. The molecule has 0 unspecified atom stereocenters. The van der Waals surface area contributed by atoms with Crippen LogP contribution in [-0.2, 0) is 11.3 Å². The molecule has 0 fully saturated rings. The van der Waals surface area contributed by atoms with Crippen LogP contribution in [0.25, 0.3) is 0 Å². The zero-order chi connectivity index (χ0) is 16.2. The summed E-state index contributed by atoms with van der Waals surface area (Å²) in [6.45, 7) is 1.31. The van der Waals surface area contributed by atoms with Gasteiger partial charge in [0.1, 0.15) is 5.75 Å². The summed E-state index contributed by atoms with van der Waals surface area (Å²) in [6.07, 6.45) is -4.68. The van der Waals surface area contributed by atoms with Crippen LogP contribution in [0.15, 0.2) is 48.5 Å². The minimum Gasteiger partial charge on any atom is -0.423 e. The van der Waals surface area contributed by atoms with Gasteiger partial charge in [-0.15, -0.1) is 13.2 Å². The summed E-state index contributed by atoms with van der Waals surface area (Å²) in [7, 11) is 0. The van der Waals surface area contributed by atoms with Crippen molar-refractivity contribution in [2.45, 2.75) is 19.9 Å². The van der Waals surface area contributed by atoms with Gasteiger partial charge < -0.3 is 4.74 Å². The lowest BCUT2D eigenvalue weighted by molar-refractivity contribution is -0.330. The van der Waals surface area contributed by atoms with E-state index < -0.39 is 18.9 Å². The predicted molar refractivity (Wildman–Crippen MR) is 73.4 cm³/mol. The first-order valence-corrected chi connectivity index (χ1v) is 6.42. The van der Waals surface area contributed by atoms with Gasteiger partial charge in [-0.1, -0.05) is 29.8 Å². The minimum absolute atomic E-state index is 0.247. The van der Waals surface area contributed by atoms with E-state index in [9.17, 15) is 18.0 Å². The van der Waals surface area contributed by atoms with E-state index in [2.05, 4.69) is 4.74 Å². The van der Waals surface area contributed by atoms with Crippen molar-refractivity contribution in [3.8, 4) is 5.75 Å². The predicted octanol–water partition coefficient (Wildman–Crippen LogP) is 4.25. The van der Waals surface area contributed by atoms with Gasteiger partial charge in [0.25, 0.3) is 0 Å². The molecule has 0 amide bonds. The molecule has 0 radical (unpaired) electrons. The van der Waals surface area contributed by atoms with Crippen molar-refractivity contribution in [3.05, 3.63) is 65.2 Å². The first-order valence-electron chi connectivity index (χ1n) is 6.42. The summed E-state index contributed by atoms with van der Waals surface area (Å²) >= 11 is 0. The lowest BCUT2D eigenvalue weighted by Gasteiger charge is -2.08. The van der Waals surface area contributed by atoms with Crippen LogP contribution >= 0.6 is 0 Å². The Morgan fingerprint density at radius 1 is 1.00 bits per heavy atom. The van der Waals surface area contributed by atoms with Crippen molar-refractivity contribution in [1.82, 2.24) is 0 Å². The van der Waals surface area contributed by atoms with Gasteiger partial charge in [-0.25, -0.2) is 4.79 Å². The Morgan fingerprint density at radius 2 is 1.59 bits per heavy atom. The van der Waals surface area contributed by atoms with Crippen molar-refractivity contribution in [2.24, 2.45) is 0 Å². The second-order valence-corrected chi connectivity index (χ2v) is 4.63. The second-order valence-electron chi connectivity index (χ2n) is 4.63. The van der Waals surface area contributed by atoms with Crippen LogP contribution in [0.4, 0.5) is 13.2 Å². The standard InChI is InChI=1S/C16H13F3O3/c1-11-2-8-14(9-3-11)22-15(20)13-6-4-12(5-7-13)10-21-16(17,18)19/h2-9H,10H2,1H3. The minimum atomic E-state index is -4.68. The van der Waals surface area contributed by atoms with E-state index in [4.69, 9.17) is 4.74 Å². The normalized spacial score (nSPS) is 11.3. The number of ether oxygens (including phenoxy) is 2. The van der Waals surface area contributed by atoms with Gasteiger partial charge in [-0.2, -0.15) is 0 Å². The molecule has 2 aromatic rings. The Morgan fingerprint density at radius 3 is 2.14 bits per heavy atom. The molecule has 0 N–H and O–H groups in total. The molecule has 0 bridgehead atoms. The van der Waals surface area contributed by atoms with Gasteiger partial charge in [0.05, 0.1) is 12.2 Å². The molecule has 0 aromatic heterocycles. The molecule has 22 heavy (non-hydrogen) atoms. The van der Waals surface area contributed by atoms with E-state index in [0.29, 0.717) is 11.3 Å². The highest BCUT2D eigenvalue weighted by Gasteiger charge is 2.28. The van der Waals surface area contributed by atoms with E-state index in [0.717, 1.165) is 5.56 Å². The SMILES string of the molecule is Cc1ccc(OC(=O)c2ccc(COC(F)(F)F)cc2)cc1. The fourth-order valence-electron chi connectivity index (χ4n) is 1.67. The summed E-state index contributed by atoms with van der Waals surface area (Å²) in [5.41, 5.74) is 1.59. The number of alkyl halides is 3. The van der Waals surface area contributed by atoms with Crippen molar-refractivity contribution in [2.75, 3.05) is 0 Å². The van der Waals surface area contributed by atoms with E-state index in [1.807, 2.05) is 6.92 Å². The van der Waals surface area contributed by atoms with Crippen LogP contribution in [0.3, 0.4) is 0 Å². The van der Waals surface area contributed by atoms with Gasteiger partial charge in [0, 0.05) is 0 Å². The maximum absolute atomic E-state index is 11.9. The fraction of sp³-hybridized carbons (Fsp3) is 0.188. The van der Waals surface area contributed by atoms with Gasteiger partial charge in [0.15, 0.2) is 0 Å². The van der Waals surface area contributed by atoms with Crippen molar-refractivity contribution in [1.29, 1.82) is 0 Å². The first-order chi connectivity index (χ1) is 10.3. The van der Waals surface area contributed by atoms with Crippen LogP contribution < -0.4 is 4.74 Å². The summed E-state index contributed by atoms with van der Waals surface area (Å²) in [5, 5.41) is 0. The van der Waals surface area contributed by atoms with Crippen LogP contribution in [0, 0.1) is 6.92 Å². The molecule has 0 saturated carbocycles. The summed E-state index contributed by atoms with van der Waals surface area (Å²) in [5.74, 6) is -0.174. The van der Waals surface area contributed by atoms with Gasteiger partial charge in [-0.05, 0) is 36.8 Å². The van der Waals surface area contributed by atoms with Crippen molar-refractivity contribution >= 4 is 5.97 Å². The highest BCUT2D eigenvalue weighted by molar-refractivity contribution is 5.91. The molecule has 0 heterocycles. The number of hydrogen-bond acceptors (Lipinski definition) is 3. The van der Waals surface area contributed by atoms with Crippen molar-refractivity contribution < 1.29 is 27.4 Å². The van der Waals surface area contributed by atoms with E-state index >= 15 is 0 Å². The second kappa shape index (κ2) is 6.62. The average molecular weight is 310 g/mol. The summed E-state index contributed by atoms with van der Waals surface area (Å²) < 4.78 is 44.6. The Labute approximate surface area is 125 Å². The maximum atomic E-state index is 11.9. The molecule has 2 aromatic carbocycles. The molecule has 0 aliphatic carbocycles. The first kappa shape index (κ1) is 16.0. The van der Waals surface area contributed by atoms with Gasteiger partial charge in [0.2, 0.25) is 0 Å². The molecule has 0 spiro atoms. The molecule has 6 heteroatoms. The zero-order valence-corrected chi connectivity index (χ0v) is 11.7. The molecule has 116 valence electrons. The third-order valence-electron chi connectivity index (χ3n) is 2.82. The molecular formula is C16H13F3O3. The monoisotopic (exact) mass is 310 g/mol. The van der Waals surface area contributed by atoms with Crippen LogP contribution in [0.1, 0.15) is 21.5 Å². The van der Waals surface area contributed by atoms with Crippen molar-refractivity contribution in [3.63, 3.8) is 0 Å². The number of hydrogen-bond donors (Lipinski definition) is 0. The molecule has 0 aliphatic rings. The smallest absolute Gasteiger partial charge is 0.423 e. The third kappa shape index (κ3) is 4.89. The maximum Gasteiger partial charge on any atom is 0.522 e. The number of rotatable bonds is 4. The third-order valence-corrected chi connectivity index (χ3v) is 2.82. The topological polar surface area (TPSA) is 35.5 Å². The largest absolute Gasteiger partial charge is 0.522 e. The molecule has 0 aliphatic heterocycles. The van der Waals surface area contributed by atoms with E-state index in [1.54, 1.807) is 24.3 Å². The lowest BCUT2D eigenvalue weighted by Crippen LogP contribution is -2.13. The molecule has 0 saturated heterocycles. The number of benzene rings is 2. The van der Waals surface area contributed by atoms with E-state index in [-0.39, 0.29) is 5.56 Å². The highest BCUT2D eigenvalue weighted by Crippen LogP contribution is 2.19. The van der Waals surface area contributed by atoms with Crippen LogP contribution in [-0.4, -0.2) is 12.3 Å². The number of halogens is 3. The Hall–Kier alpha value is -2.34. The van der Waals surface area contributed by atoms with E-state index in [1.165, 1.54) is 24.3 Å². The molecule has 0 atom stereocenters. The number of carbonyl (C=O) groups excluding carboxylic acids is 1. The average Bonchev–Trinajstić information content (AvgIpc) is 2.47. The molecule has 3 nitrogen and oxygen atoms in total. The van der Waals surface area contributed by atoms with Gasteiger partial charge >= 0.3 is 12.3 Å². The zero-order valence-electron chi connectivity index (χ0n) is 11.7. The van der Waals surface area contributed by atoms with Crippen LogP contribution in [0.5, 0.6) is 5.75 Å². The summed E-state index contributed by atoms with van der Waals surface area (Å²) in [6, 6.07) is 12.5. The summed E-state index contributed by atoms with van der Waals surface area (Å²) in [4.78, 5) is 11.9. The number of aryl methyl sites for hydroxylation is 1. The fourth-order valence-corrected chi connectivity index (χ4v) is 1.67. The lowest BCUT2D eigenvalue weighted by atomic mass is 10.1. The quantitative estimate of drug-likeness (QED) is 0.625. The molecule has 2 rings (SSSR count). The number of carbonyl (C=O) groups is 1. The van der Waals surface area contributed by atoms with Crippen LogP contribution in [0.2, 0.25) is 0 Å². The number of esters is 1.